The molecule has 0 aliphatic heterocycles. The van der Waals surface area contributed by atoms with Crippen LogP contribution in [0, 0.1) is 5.92 Å². The fraction of sp³-hybridized carbons (Fsp3) is 0.467. The number of ether oxygens (including phenoxy) is 2. The molecule has 122 valence electrons. The zero-order valence-corrected chi connectivity index (χ0v) is 14.2. The van der Waals surface area contributed by atoms with Crippen molar-refractivity contribution in [2.45, 2.75) is 26.9 Å². The first-order valence-electron chi connectivity index (χ1n) is 6.84. The molecule has 0 aromatic heterocycles. The van der Waals surface area contributed by atoms with Crippen LogP contribution in [0.1, 0.15) is 20.8 Å². The highest BCUT2D eigenvalue weighted by atomic mass is 35.5. The average Bonchev–Trinajstić information content (AvgIpc) is 2.44. The van der Waals surface area contributed by atoms with Crippen LogP contribution in [-0.4, -0.2) is 31.1 Å². The van der Waals surface area contributed by atoms with Crippen molar-refractivity contribution in [2.75, 3.05) is 13.2 Å². The van der Waals surface area contributed by atoms with Gasteiger partial charge in [-0.15, -0.1) is 0 Å². The lowest BCUT2D eigenvalue weighted by Gasteiger charge is -2.14. The summed E-state index contributed by atoms with van der Waals surface area (Å²) in [5.41, 5.74) is 0. The van der Waals surface area contributed by atoms with Crippen molar-refractivity contribution in [3.05, 3.63) is 28.2 Å². The molecule has 1 aromatic carbocycles. The van der Waals surface area contributed by atoms with Gasteiger partial charge in [-0.3, -0.25) is 9.59 Å². The molecule has 7 heteroatoms. The molecular weight excluding hydrogens is 329 g/mol. The van der Waals surface area contributed by atoms with Gasteiger partial charge in [-0.05, 0) is 26.0 Å². The van der Waals surface area contributed by atoms with Gasteiger partial charge in [-0.25, -0.2) is 0 Å². The van der Waals surface area contributed by atoms with E-state index in [1.165, 1.54) is 6.07 Å². The van der Waals surface area contributed by atoms with Crippen molar-refractivity contribution in [2.24, 2.45) is 5.92 Å². The van der Waals surface area contributed by atoms with Crippen LogP contribution in [-0.2, 0) is 14.3 Å². The van der Waals surface area contributed by atoms with Gasteiger partial charge in [0.2, 0.25) is 0 Å². The molecule has 0 unspecified atom stereocenters. The Morgan fingerprint density at radius 2 is 1.91 bits per heavy atom. The van der Waals surface area contributed by atoms with Crippen LogP contribution in [0.3, 0.4) is 0 Å². The minimum atomic E-state index is -0.430. The minimum absolute atomic E-state index is 0.178. The number of carbonyl (C=O) groups is 2. The third kappa shape index (κ3) is 6.54. The Morgan fingerprint density at radius 1 is 1.23 bits per heavy atom. The van der Waals surface area contributed by atoms with Crippen LogP contribution in [0.15, 0.2) is 18.2 Å². The molecule has 0 fully saturated rings. The Kier molecular flexibility index (Phi) is 7.48. The monoisotopic (exact) mass is 347 g/mol. The number of esters is 1. The number of rotatable bonds is 7. The number of amides is 1. The van der Waals surface area contributed by atoms with Gasteiger partial charge >= 0.3 is 5.97 Å². The first-order valence-corrected chi connectivity index (χ1v) is 7.60. The summed E-state index contributed by atoms with van der Waals surface area (Å²) >= 11 is 11.7. The van der Waals surface area contributed by atoms with Crippen LogP contribution in [0.5, 0.6) is 5.75 Å². The molecule has 0 aliphatic rings. The molecule has 1 atom stereocenters. The Morgan fingerprint density at radius 3 is 2.55 bits per heavy atom. The highest BCUT2D eigenvalue weighted by Gasteiger charge is 2.17. The van der Waals surface area contributed by atoms with Crippen molar-refractivity contribution >= 4 is 35.1 Å². The van der Waals surface area contributed by atoms with Gasteiger partial charge in [0.05, 0.1) is 17.0 Å². The first kappa shape index (κ1) is 18.6. The maximum Gasteiger partial charge on any atom is 0.310 e. The van der Waals surface area contributed by atoms with Crippen molar-refractivity contribution in [3.63, 3.8) is 0 Å². The standard InChI is InChI=1S/C15H19Cl2NO4/c1-9(2)22-15(20)10(3)7-18-14(19)8-21-13-6-11(16)4-5-12(13)17/h4-6,9-10H,7-8H2,1-3H3,(H,18,19)/t10-/m0/s1. The second-order valence-electron chi connectivity index (χ2n) is 5.05. The van der Waals surface area contributed by atoms with Gasteiger partial charge in [0.25, 0.3) is 5.91 Å². The third-order valence-corrected chi connectivity index (χ3v) is 3.16. The van der Waals surface area contributed by atoms with Crippen molar-refractivity contribution in [3.8, 4) is 5.75 Å². The van der Waals surface area contributed by atoms with Gasteiger partial charge < -0.3 is 14.8 Å². The van der Waals surface area contributed by atoms with Crippen molar-refractivity contribution in [1.29, 1.82) is 0 Å². The summed E-state index contributed by atoms with van der Waals surface area (Å²) < 4.78 is 10.3. The highest BCUT2D eigenvalue weighted by molar-refractivity contribution is 6.34. The minimum Gasteiger partial charge on any atom is -0.482 e. The summed E-state index contributed by atoms with van der Waals surface area (Å²) in [6, 6.07) is 4.74. The summed E-state index contributed by atoms with van der Waals surface area (Å²) in [4.78, 5) is 23.3. The van der Waals surface area contributed by atoms with Gasteiger partial charge in [-0.2, -0.15) is 0 Å². The molecular formula is C15H19Cl2NO4. The summed E-state index contributed by atoms with van der Waals surface area (Å²) in [6.07, 6.45) is -0.182. The van der Waals surface area contributed by atoms with E-state index in [1.54, 1.807) is 32.9 Å². The van der Waals surface area contributed by atoms with E-state index in [2.05, 4.69) is 5.32 Å². The largest absolute Gasteiger partial charge is 0.482 e. The molecule has 22 heavy (non-hydrogen) atoms. The predicted molar refractivity (Wildman–Crippen MR) is 85.4 cm³/mol. The quantitative estimate of drug-likeness (QED) is 0.769. The Labute approximate surface area is 139 Å². The first-order chi connectivity index (χ1) is 10.3. The third-order valence-electron chi connectivity index (χ3n) is 2.61. The maximum absolute atomic E-state index is 11.7. The molecule has 0 bridgehead atoms. The zero-order valence-electron chi connectivity index (χ0n) is 12.7. The normalized spacial score (nSPS) is 11.9. The van der Waals surface area contributed by atoms with Crippen LogP contribution in [0.2, 0.25) is 10.0 Å². The number of carbonyl (C=O) groups excluding carboxylic acids is 2. The Balaban J connectivity index is 2.37. The molecule has 0 radical (unpaired) electrons. The predicted octanol–water partition coefficient (Wildman–Crippen LogP) is 3.08. The smallest absolute Gasteiger partial charge is 0.310 e. The molecule has 1 amide bonds. The summed E-state index contributed by atoms with van der Waals surface area (Å²) in [5, 5.41) is 3.43. The number of nitrogens with one attached hydrogen (secondary N) is 1. The molecule has 0 heterocycles. The lowest BCUT2D eigenvalue weighted by Crippen LogP contribution is -2.35. The number of benzene rings is 1. The van der Waals surface area contributed by atoms with E-state index in [0.717, 1.165) is 0 Å². The van der Waals surface area contributed by atoms with Crippen molar-refractivity contribution in [1.82, 2.24) is 5.32 Å². The van der Waals surface area contributed by atoms with E-state index in [0.29, 0.717) is 15.8 Å². The van der Waals surface area contributed by atoms with E-state index < -0.39 is 5.92 Å². The van der Waals surface area contributed by atoms with Gasteiger partial charge in [0.15, 0.2) is 6.61 Å². The Bertz CT molecular complexity index is 534. The van der Waals surface area contributed by atoms with E-state index in [-0.39, 0.29) is 31.1 Å². The van der Waals surface area contributed by atoms with E-state index in [1.807, 2.05) is 0 Å². The van der Waals surface area contributed by atoms with Gasteiger partial charge in [0, 0.05) is 17.6 Å². The van der Waals surface area contributed by atoms with Gasteiger partial charge in [0.1, 0.15) is 5.75 Å². The SMILES string of the molecule is CC(C)OC(=O)[C@@H](C)CNC(=O)COc1cc(Cl)ccc1Cl. The number of halogens is 2. The molecule has 0 spiro atoms. The van der Waals surface area contributed by atoms with Crippen LogP contribution in [0.4, 0.5) is 0 Å². The Hall–Kier alpha value is -1.46. The lowest BCUT2D eigenvalue weighted by molar-refractivity contribution is -0.151. The number of hydrogen-bond acceptors (Lipinski definition) is 4. The van der Waals surface area contributed by atoms with E-state index >= 15 is 0 Å². The van der Waals surface area contributed by atoms with Crippen LogP contribution >= 0.6 is 23.2 Å². The summed E-state index contributed by atoms with van der Waals surface area (Å²) in [7, 11) is 0. The lowest BCUT2D eigenvalue weighted by atomic mass is 10.2. The van der Waals surface area contributed by atoms with Gasteiger partial charge in [-0.1, -0.05) is 30.1 Å². The summed E-state index contributed by atoms with van der Waals surface area (Å²) in [5.74, 6) is -0.813. The maximum atomic E-state index is 11.7. The second-order valence-corrected chi connectivity index (χ2v) is 5.90. The highest BCUT2D eigenvalue weighted by Crippen LogP contribution is 2.27. The molecule has 0 saturated heterocycles. The van der Waals surface area contributed by atoms with Crippen molar-refractivity contribution < 1.29 is 19.1 Å². The molecule has 1 rings (SSSR count). The topological polar surface area (TPSA) is 64.6 Å². The summed E-state index contributed by atoms with van der Waals surface area (Å²) in [6.45, 7) is 5.18. The average molecular weight is 348 g/mol. The fourth-order valence-corrected chi connectivity index (χ4v) is 1.82. The van der Waals surface area contributed by atoms with Crippen LogP contribution in [0.25, 0.3) is 0 Å². The number of hydrogen-bond donors (Lipinski definition) is 1. The second kappa shape index (κ2) is 8.86. The van der Waals surface area contributed by atoms with E-state index in [9.17, 15) is 9.59 Å². The molecule has 1 N–H and O–H groups in total. The molecule has 1 aromatic rings. The van der Waals surface area contributed by atoms with E-state index in [4.69, 9.17) is 32.7 Å². The molecule has 0 saturated carbocycles. The fourth-order valence-electron chi connectivity index (χ4n) is 1.48. The van der Waals surface area contributed by atoms with Crippen LogP contribution < -0.4 is 10.1 Å². The molecule has 5 nitrogen and oxygen atoms in total. The molecule has 0 aliphatic carbocycles. The zero-order chi connectivity index (χ0) is 16.7.